The van der Waals surface area contributed by atoms with Crippen LogP contribution < -0.4 is 0 Å². The van der Waals surface area contributed by atoms with Gasteiger partial charge in [-0.2, -0.15) is 0 Å². The molecule has 2 amide bonds. The molecule has 5 heteroatoms. The third-order valence-corrected chi connectivity index (χ3v) is 4.10. The number of imide groups is 1. The van der Waals surface area contributed by atoms with Gasteiger partial charge in [0, 0.05) is 6.42 Å². The van der Waals surface area contributed by atoms with Gasteiger partial charge in [0.05, 0.1) is 17.7 Å². The molecule has 23 heavy (non-hydrogen) atoms. The van der Waals surface area contributed by atoms with E-state index in [1.165, 1.54) is 4.90 Å². The molecule has 0 radical (unpaired) electrons. The minimum Gasteiger partial charge on any atom is -0.281 e. The van der Waals surface area contributed by atoms with E-state index in [2.05, 4.69) is 0 Å². The molecule has 0 atom stereocenters. The largest absolute Gasteiger partial charge is 0.281 e. The lowest BCUT2D eigenvalue weighted by molar-refractivity contribution is -0.111. The highest BCUT2D eigenvalue weighted by Crippen LogP contribution is 2.25. The smallest absolute Gasteiger partial charge is 0.261 e. The molecule has 2 aromatic carbocycles. The Morgan fingerprint density at radius 3 is 1.96 bits per heavy atom. The Balaban J connectivity index is 1.85. The molecule has 0 saturated heterocycles. The van der Waals surface area contributed by atoms with Crippen molar-refractivity contribution in [2.24, 2.45) is 0 Å². The van der Waals surface area contributed by atoms with Crippen molar-refractivity contribution in [2.45, 2.75) is 19.4 Å². The molecule has 3 rings (SSSR count). The Hall–Kier alpha value is -2.46. The van der Waals surface area contributed by atoms with Crippen LogP contribution in [-0.2, 0) is 17.8 Å². The SMILES string of the molecule is O=C(Cl)CCc1ccccc1CN1C(=O)c2ccccc2C1=O. The van der Waals surface area contributed by atoms with E-state index >= 15 is 0 Å². The fourth-order valence-corrected chi connectivity index (χ4v) is 2.84. The zero-order valence-electron chi connectivity index (χ0n) is 12.3. The van der Waals surface area contributed by atoms with Crippen LogP contribution in [0.5, 0.6) is 0 Å². The summed E-state index contributed by atoms with van der Waals surface area (Å²) in [5.74, 6) is -0.567. The number of hydrogen-bond acceptors (Lipinski definition) is 3. The number of halogens is 1. The quantitative estimate of drug-likeness (QED) is 0.626. The van der Waals surface area contributed by atoms with Gasteiger partial charge in [-0.1, -0.05) is 36.4 Å². The Labute approximate surface area is 138 Å². The standard InChI is InChI=1S/C18H14ClNO3/c19-16(21)10-9-12-5-1-2-6-13(12)11-20-17(22)14-7-3-4-8-15(14)18(20)23/h1-8H,9-11H2. The van der Waals surface area contributed by atoms with Crippen molar-refractivity contribution in [2.75, 3.05) is 0 Å². The van der Waals surface area contributed by atoms with Crippen LogP contribution in [0.25, 0.3) is 0 Å². The van der Waals surface area contributed by atoms with Crippen molar-refractivity contribution in [3.63, 3.8) is 0 Å². The molecule has 1 aliphatic heterocycles. The molecule has 116 valence electrons. The Kier molecular flexibility index (Phi) is 4.26. The first-order chi connectivity index (χ1) is 11.1. The zero-order chi connectivity index (χ0) is 16.4. The summed E-state index contributed by atoms with van der Waals surface area (Å²) < 4.78 is 0. The normalized spacial score (nSPS) is 13.3. The van der Waals surface area contributed by atoms with Crippen LogP contribution in [-0.4, -0.2) is 22.0 Å². The molecule has 0 aromatic heterocycles. The van der Waals surface area contributed by atoms with Crippen molar-refractivity contribution in [3.05, 3.63) is 70.8 Å². The van der Waals surface area contributed by atoms with E-state index in [0.29, 0.717) is 17.5 Å². The van der Waals surface area contributed by atoms with Crippen LogP contribution in [0, 0.1) is 0 Å². The second-order valence-corrected chi connectivity index (χ2v) is 5.79. The zero-order valence-corrected chi connectivity index (χ0v) is 13.0. The third-order valence-electron chi connectivity index (χ3n) is 3.92. The first-order valence-corrected chi connectivity index (χ1v) is 7.66. The van der Waals surface area contributed by atoms with Crippen molar-refractivity contribution in [3.8, 4) is 0 Å². The monoisotopic (exact) mass is 327 g/mol. The first kappa shape index (κ1) is 15.4. The van der Waals surface area contributed by atoms with Gasteiger partial charge in [-0.25, -0.2) is 0 Å². The van der Waals surface area contributed by atoms with E-state index in [1.54, 1.807) is 24.3 Å². The highest BCUT2D eigenvalue weighted by molar-refractivity contribution is 6.63. The molecule has 0 bridgehead atoms. The number of amides is 2. The maximum absolute atomic E-state index is 12.4. The summed E-state index contributed by atoms with van der Waals surface area (Å²) in [7, 11) is 0. The molecular formula is C18H14ClNO3. The number of carbonyl (C=O) groups is 3. The van der Waals surface area contributed by atoms with Crippen molar-refractivity contribution >= 4 is 28.7 Å². The Bertz CT molecular complexity index is 765. The van der Waals surface area contributed by atoms with Crippen molar-refractivity contribution in [1.82, 2.24) is 4.90 Å². The fourth-order valence-electron chi connectivity index (χ4n) is 2.74. The molecule has 0 saturated carbocycles. The minimum atomic E-state index is -0.402. The van der Waals surface area contributed by atoms with Crippen LogP contribution in [0.1, 0.15) is 38.3 Å². The van der Waals surface area contributed by atoms with E-state index in [9.17, 15) is 14.4 Å². The van der Waals surface area contributed by atoms with Crippen LogP contribution in [0.3, 0.4) is 0 Å². The molecule has 0 spiro atoms. The molecule has 0 fully saturated rings. The van der Waals surface area contributed by atoms with Crippen LogP contribution >= 0.6 is 11.6 Å². The summed E-state index contributed by atoms with van der Waals surface area (Å²) in [6.07, 6.45) is 0.711. The molecule has 0 unspecified atom stereocenters. The van der Waals surface area contributed by atoms with E-state index in [0.717, 1.165) is 11.1 Å². The highest BCUT2D eigenvalue weighted by Gasteiger charge is 2.35. The summed E-state index contributed by atoms with van der Waals surface area (Å²) in [6, 6.07) is 14.3. The van der Waals surface area contributed by atoms with Gasteiger partial charge in [-0.15, -0.1) is 0 Å². The molecule has 1 heterocycles. The minimum absolute atomic E-state index is 0.193. The summed E-state index contributed by atoms with van der Waals surface area (Å²) in [6.45, 7) is 0.193. The number of hydrogen-bond donors (Lipinski definition) is 0. The second kappa shape index (κ2) is 6.34. The van der Waals surface area contributed by atoms with Gasteiger partial charge in [-0.05, 0) is 41.3 Å². The summed E-state index contributed by atoms with van der Waals surface area (Å²) in [4.78, 5) is 37.1. The summed E-state index contributed by atoms with van der Waals surface area (Å²) in [5.41, 5.74) is 2.63. The lowest BCUT2D eigenvalue weighted by atomic mass is 10.0. The van der Waals surface area contributed by atoms with Gasteiger partial charge in [0.15, 0.2) is 0 Å². The van der Waals surface area contributed by atoms with Gasteiger partial charge in [0.1, 0.15) is 0 Å². The molecule has 0 aliphatic carbocycles. The first-order valence-electron chi connectivity index (χ1n) is 7.28. The molecule has 4 nitrogen and oxygen atoms in total. The van der Waals surface area contributed by atoms with Crippen molar-refractivity contribution in [1.29, 1.82) is 0 Å². The fraction of sp³-hybridized carbons (Fsp3) is 0.167. The maximum Gasteiger partial charge on any atom is 0.261 e. The van der Waals surface area contributed by atoms with Gasteiger partial charge in [0.2, 0.25) is 5.24 Å². The molecule has 1 aliphatic rings. The maximum atomic E-state index is 12.4. The number of rotatable bonds is 5. The number of aryl methyl sites for hydroxylation is 1. The predicted octanol–water partition coefficient (Wildman–Crippen LogP) is 3.18. The topological polar surface area (TPSA) is 54.5 Å². The highest BCUT2D eigenvalue weighted by atomic mass is 35.5. The van der Waals surface area contributed by atoms with E-state index in [1.807, 2.05) is 24.3 Å². The number of benzene rings is 2. The number of fused-ring (bicyclic) bond motifs is 1. The lowest BCUT2D eigenvalue weighted by Gasteiger charge is -2.16. The average Bonchev–Trinajstić information content (AvgIpc) is 2.79. The van der Waals surface area contributed by atoms with E-state index < -0.39 is 5.24 Å². The van der Waals surface area contributed by atoms with Crippen LogP contribution in [0.15, 0.2) is 48.5 Å². The van der Waals surface area contributed by atoms with Gasteiger partial charge < -0.3 is 0 Å². The third kappa shape index (κ3) is 3.03. The number of carbonyl (C=O) groups excluding carboxylic acids is 3. The second-order valence-electron chi connectivity index (χ2n) is 5.37. The predicted molar refractivity (Wildman–Crippen MR) is 86.3 cm³/mol. The van der Waals surface area contributed by atoms with Crippen molar-refractivity contribution < 1.29 is 14.4 Å². The molecular weight excluding hydrogens is 314 g/mol. The Morgan fingerprint density at radius 1 is 0.870 bits per heavy atom. The van der Waals surface area contributed by atoms with Crippen LogP contribution in [0.4, 0.5) is 0 Å². The summed E-state index contributed by atoms with van der Waals surface area (Å²) in [5, 5.41) is -0.402. The lowest BCUT2D eigenvalue weighted by Crippen LogP contribution is -2.29. The van der Waals surface area contributed by atoms with Gasteiger partial charge in [-0.3, -0.25) is 19.3 Å². The summed E-state index contributed by atoms with van der Waals surface area (Å²) >= 11 is 5.40. The number of nitrogens with zero attached hydrogens (tertiary/aromatic N) is 1. The average molecular weight is 328 g/mol. The van der Waals surface area contributed by atoms with E-state index in [4.69, 9.17) is 11.6 Å². The van der Waals surface area contributed by atoms with Gasteiger partial charge in [0.25, 0.3) is 11.8 Å². The Morgan fingerprint density at radius 2 is 1.39 bits per heavy atom. The molecule has 0 N–H and O–H groups in total. The van der Waals surface area contributed by atoms with E-state index in [-0.39, 0.29) is 24.8 Å². The van der Waals surface area contributed by atoms with Crippen LogP contribution in [0.2, 0.25) is 0 Å². The molecule has 2 aromatic rings. The van der Waals surface area contributed by atoms with Gasteiger partial charge >= 0.3 is 0 Å².